The van der Waals surface area contributed by atoms with Gasteiger partial charge in [-0.2, -0.15) is 4.98 Å². The van der Waals surface area contributed by atoms with Crippen molar-refractivity contribution in [1.29, 1.82) is 0 Å². The number of nitro benzene ring substituents is 1. The highest BCUT2D eigenvalue weighted by Crippen LogP contribution is 2.34. The molecule has 0 radical (unpaired) electrons. The first-order valence-electron chi connectivity index (χ1n) is 5.76. The summed E-state index contributed by atoms with van der Waals surface area (Å²) < 4.78 is 5.51. The number of anilines is 1. The minimum absolute atomic E-state index is 0.0281. The third-order valence-corrected chi connectivity index (χ3v) is 3.24. The van der Waals surface area contributed by atoms with Crippen LogP contribution in [0.2, 0.25) is 5.02 Å². The molecule has 0 unspecified atom stereocenters. The highest BCUT2D eigenvalue weighted by molar-refractivity contribution is 7.98. The van der Waals surface area contributed by atoms with Crippen LogP contribution in [0.1, 0.15) is 0 Å². The SMILES string of the molecule is CNc1cc(Oc2cc(Cl)ccc2[N+](=O)[O-])nc(SC)n1. The molecule has 7 nitrogen and oxygen atoms in total. The molecular weight excluding hydrogens is 316 g/mol. The monoisotopic (exact) mass is 326 g/mol. The Bertz CT molecular complexity index is 661. The summed E-state index contributed by atoms with van der Waals surface area (Å²) in [5.74, 6) is 0.776. The van der Waals surface area contributed by atoms with Gasteiger partial charge in [-0.25, -0.2) is 4.98 Å². The van der Waals surface area contributed by atoms with Gasteiger partial charge in [-0.15, -0.1) is 0 Å². The maximum atomic E-state index is 11.0. The average molecular weight is 327 g/mol. The highest BCUT2D eigenvalue weighted by Gasteiger charge is 2.17. The fourth-order valence-corrected chi connectivity index (χ4v) is 2.04. The van der Waals surface area contributed by atoms with Crippen LogP contribution < -0.4 is 10.1 Å². The standard InChI is InChI=1S/C12H11ClN4O3S/c1-14-10-6-11(16-12(15-10)21-2)20-9-5-7(13)3-4-8(9)17(18)19/h3-6H,1-2H3,(H,14,15,16). The Kier molecular flexibility index (Phi) is 4.81. The summed E-state index contributed by atoms with van der Waals surface area (Å²) in [6, 6.07) is 5.64. The van der Waals surface area contributed by atoms with E-state index < -0.39 is 4.92 Å². The van der Waals surface area contributed by atoms with Gasteiger partial charge in [0.25, 0.3) is 0 Å². The van der Waals surface area contributed by atoms with E-state index in [1.807, 2.05) is 6.26 Å². The average Bonchev–Trinajstić information content (AvgIpc) is 2.46. The van der Waals surface area contributed by atoms with Gasteiger partial charge >= 0.3 is 5.69 Å². The number of thioether (sulfide) groups is 1. The van der Waals surface area contributed by atoms with Crippen LogP contribution in [-0.2, 0) is 0 Å². The van der Waals surface area contributed by atoms with Crippen LogP contribution in [0.3, 0.4) is 0 Å². The fourth-order valence-electron chi connectivity index (χ4n) is 1.51. The zero-order valence-corrected chi connectivity index (χ0v) is 12.7. The summed E-state index contributed by atoms with van der Waals surface area (Å²) in [4.78, 5) is 18.8. The Labute approximate surface area is 129 Å². The zero-order valence-electron chi connectivity index (χ0n) is 11.2. The summed E-state index contributed by atoms with van der Waals surface area (Å²) in [6.45, 7) is 0. The van der Waals surface area contributed by atoms with E-state index in [9.17, 15) is 10.1 Å². The second-order valence-corrected chi connectivity index (χ2v) is 5.01. The minimum Gasteiger partial charge on any atom is -0.432 e. The van der Waals surface area contributed by atoms with Crippen molar-refractivity contribution in [1.82, 2.24) is 9.97 Å². The molecule has 0 bridgehead atoms. The Balaban J connectivity index is 2.42. The number of benzene rings is 1. The molecule has 21 heavy (non-hydrogen) atoms. The van der Waals surface area contributed by atoms with Crippen molar-refractivity contribution in [2.24, 2.45) is 0 Å². The van der Waals surface area contributed by atoms with Crippen LogP contribution in [0, 0.1) is 10.1 Å². The smallest absolute Gasteiger partial charge is 0.311 e. The Morgan fingerprint density at radius 3 is 2.76 bits per heavy atom. The van der Waals surface area contributed by atoms with Crippen molar-refractivity contribution in [3.05, 3.63) is 39.4 Å². The molecule has 0 aliphatic rings. The minimum atomic E-state index is -0.540. The lowest BCUT2D eigenvalue weighted by Crippen LogP contribution is -1.99. The lowest BCUT2D eigenvalue weighted by molar-refractivity contribution is -0.385. The molecule has 0 fully saturated rings. The lowest BCUT2D eigenvalue weighted by atomic mass is 10.3. The number of halogens is 1. The molecule has 0 spiro atoms. The van der Waals surface area contributed by atoms with E-state index in [-0.39, 0.29) is 17.3 Å². The topological polar surface area (TPSA) is 90.2 Å². The van der Waals surface area contributed by atoms with Crippen LogP contribution >= 0.6 is 23.4 Å². The van der Waals surface area contributed by atoms with Gasteiger partial charge in [0.2, 0.25) is 11.6 Å². The first-order chi connectivity index (χ1) is 10.0. The second-order valence-electron chi connectivity index (χ2n) is 3.80. The third kappa shape index (κ3) is 3.73. The molecule has 110 valence electrons. The van der Waals surface area contributed by atoms with E-state index in [0.717, 1.165) is 0 Å². The zero-order chi connectivity index (χ0) is 15.4. The molecule has 0 amide bonds. The van der Waals surface area contributed by atoms with Gasteiger partial charge in [-0.3, -0.25) is 10.1 Å². The van der Waals surface area contributed by atoms with Crippen LogP contribution in [0.25, 0.3) is 0 Å². The normalized spacial score (nSPS) is 10.2. The van der Waals surface area contributed by atoms with Crippen molar-refractivity contribution in [3.63, 3.8) is 0 Å². The van der Waals surface area contributed by atoms with Gasteiger partial charge in [0, 0.05) is 30.3 Å². The van der Waals surface area contributed by atoms with Gasteiger partial charge in [0.05, 0.1) is 4.92 Å². The third-order valence-electron chi connectivity index (χ3n) is 2.45. The van der Waals surface area contributed by atoms with Gasteiger partial charge < -0.3 is 10.1 Å². The fraction of sp³-hybridized carbons (Fsp3) is 0.167. The van der Waals surface area contributed by atoms with E-state index in [2.05, 4.69) is 15.3 Å². The number of hydrogen-bond acceptors (Lipinski definition) is 7. The largest absolute Gasteiger partial charge is 0.432 e. The summed E-state index contributed by atoms with van der Waals surface area (Å²) in [5.41, 5.74) is -0.185. The van der Waals surface area contributed by atoms with E-state index >= 15 is 0 Å². The summed E-state index contributed by atoms with van der Waals surface area (Å²) in [6.07, 6.45) is 1.82. The number of ether oxygens (including phenoxy) is 1. The Morgan fingerprint density at radius 2 is 2.14 bits per heavy atom. The maximum Gasteiger partial charge on any atom is 0.311 e. The maximum absolute atomic E-state index is 11.0. The number of rotatable bonds is 5. The predicted molar refractivity (Wildman–Crippen MR) is 81.5 cm³/mol. The van der Waals surface area contributed by atoms with Gasteiger partial charge in [-0.05, 0) is 12.3 Å². The van der Waals surface area contributed by atoms with Crippen molar-refractivity contribution >= 4 is 34.9 Å². The van der Waals surface area contributed by atoms with Crippen LogP contribution in [0.15, 0.2) is 29.4 Å². The van der Waals surface area contributed by atoms with E-state index in [4.69, 9.17) is 16.3 Å². The van der Waals surface area contributed by atoms with Crippen molar-refractivity contribution in [2.75, 3.05) is 18.6 Å². The van der Waals surface area contributed by atoms with Crippen molar-refractivity contribution in [3.8, 4) is 11.6 Å². The number of nitrogens with zero attached hydrogens (tertiary/aromatic N) is 3. The number of aromatic nitrogens is 2. The number of nitrogens with one attached hydrogen (secondary N) is 1. The molecule has 0 atom stereocenters. The molecule has 1 heterocycles. The van der Waals surface area contributed by atoms with Crippen molar-refractivity contribution in [2.45, 2.75) is 5.16 Å². The Morgan fingerprint density at radius 1 is 1.38 bits per heavy atom. The van der Waals surface area contributed by atoms with Gasteiger partial charge in [-0.1, -0.05) is 23.4 Å². The van der Waals surface area contributed by atoms with Crippen molar-refractivity contribution < 1.29 is 9.66 Å². The molecule has 2 aromatic rings. The summed E-state index contributed by atoms with van der Waals surface area (Å²) in [5, 5.41) is 14.7. The molecule has 2 rings (SSSR count). The Hall–Kier alpha value is -2.06. The van der Waals surface area contributed by atoms with E-state index in [0.29, 0.717) is 16.0 Å². The molecule has 1 aromatic carbocycles. The molecule has 1 aromatic heterocycles. The molecular formula is C12H11ClN4O3S. The van der Waals surface area contributed by atoms with Crippen LogP contribution in [0.4, 0.5) is 11.5 Å². The quantitative estimate of drug-likeness (QED) is 0.388. The molecule has 0 aliphatic heterocycles. The molecule has 9 heteroatoms. The second kappa shape index (κ2) is 6.59. The summed E-state index contributed by atoms with van der Waals surface area (Å²) in [7, 11) is 1.71. The highest BCUT2D eigenvalue weighted by atomic mass is 35.5. The van der Waals surface area contributed by atoms with Gasteiger partial charge in [0.1, 0.15) is 5.82 Å². The molecule has 1 N–H and O–H groups in total. The first-order valence-corrected chi connectivity index (χ1v) is 7.36. The summed E-state index contributed by atoms with van der Waals surface area (Å²) >= 11 is 7.19. The molecule has 0 saturated heterocycles. The van der Waals surface area contributed by atoms with E-state index in [1.54, 1.807) is 13.1 Å². The van der Waals surface area contributed by atoms with Crippen LogP contribution in [0.5, 0.6) is 11.6 Å². The number of hydrogen-bond donors (Lipinski definition) is 1. The van der Waals surface area contributed by atoms with Crippen LogP contribution in [-0.4, -0.2) is 28.2 Å². The molecule has 0 aliphatic carbocycles. The van der Waals surface area contributed by atoms with Gasteiger partial charge in [0.15, 0.2) is 5.16 Å². The first kappa shape index (κ1) is 15.3. The van der Waals surface area contributed by atoms with E-state index in [1.165, 1.54) is 30.0 Å². The predicted octanol–water partition coefficient (Wildman–Crippen LogP) is 3.59. The molecule has 0 saturated carbocycles. The number of nitro groups is 1. The lowest BCUT2D eigenvalue weighted by Gasteiger charge is -2.08.